The van der Waals surface area contributed by atoms with Crippen LogP contribution < -0.4 is 5.11 Å². The Morgan fingerprint density at radius 1 is 0.667 bits per heavy atom. The minimum Gasteiger partial charge on any atom is -0.544 e. The van der Waals surface area contributed by atoms with Crippen LogP contribution in [-0.2, 0) is 28.6 Å². The average molecular weight is 638 g/mol. The van der Waals surface area contributed by atoms with E-state index in [1.54, 1.807) is 21.1 Å². The summed E-state index contributed by atoms with van der Waals surface area (Å²) in [6, 6.07) is -0.721. The predicted molar refractivity (Wildman–Crippen MR) is 180 cm³/mol. The highest BCUT2D eigenvalue weighted by atomic mass is 16.6. The summed E-state index contributed by atoms with van der Waals surface area (Å²) in [5.41, 5.74) is 0. The number of nitrogens with zero attached hydrogens (tertiary/aromatic N) is 1. The first-order valence-electron chi connectivity index (χ1n) is 17.9. The number of quaternary nitrogens is 1. The number of carbonyl (C=O) groups excluding carboxylic acids is 3. The van der Waals surface area contributed by atoms with Crippen LogP contribution in [0.25, 0.3) is 0 Å². The van der Waals surface area contributed by atoms with Gasteiger partial charge in [-0.1, -0.05) is 102 Å². The molecule has 8 heteroatoms. The number of carbonyl (C=O) groups is 3. The third-order valence-electron chi connectivity index (χ3n) is 7.84. The van der Waals surface area contributed by atoms with Crippen molar-refractivity contribution in [2.75, 3.05) is 41.0 Å². The Hall–Kier alpha value is -2.19. The number of carboxylic acid groups (broad SMARTS) is 1. The smallest absolute Gasteiger partial charge is 0.306 e. The standard InChI is InChI=1S/C37H67NO7/c1-6-8-10-12-13-14-15-16-17-18-19-20-21-22-23-24-26-28-36(40)45-33(32-44-35(39)27-25-11-9-7-2)31-43-30-29-34(37(41)42)38(3,4)5/h13-14,16-17,33-34H,6-12,15,18-32H2,1-5H3/b14-13-,17-16-. The van der Waals surface area contributed by atoms with E-state index in [1.807, 2.05) is 0 Å². The van der Waals surface area contributed by atoms with Crippen LogP contribution in [0.3, 0.4) is 0 Å². The van der Waals surface area contributed by atoms with Crippen molar-refractivity contribution in [3.8, 4) is 0 Å². The van der Waals surface area contributed by atoms with Crippen LogP contribution in [0, 0.1) is 0 Å². The number of esters is 2. The molecule has 262 valence electrons. The molecule has 8 nitrogen and oxygen atoms in total. The van der Waals surface area contributed by atoms with Crippen molar-refractivity contribution in [1.29, 1.82) is 0 Å². The fraction of sp³-hybridized carbons (Fsp3) is 0.811. The number of likely N-dealkylation sites (N-methyl/N-ethyl adjacent to an activating group) is 1. The second-order valence-corrected chi connectivity index (χ2v) is 13.1. The molecule has 2 atom stereocenters. The molecular formula is C37H67NO7. The van der Waals surface area contributed by atoms with Gasteiger partial charge in [0.25, 0.3) is 0 Å². The van der Waals surface area contributed by atoms with Gasteiger partial charge in [-0.2, -0.15) is 0 Å². The molecule has 0 saturated heterocycles. The summed E-state index contributed by atoms with van der Waals surface area (Å²) < 4.78 is 16.9. The van der Waals surface area contributed by atoms with E-state index in [0.717, 1.165) is 57.8 Å². The summed E-state index contributed by atoms with van der Waals surface area (Å²) in [6.45, 7) is 4.49. The molecule has 45 heavy (non-hydrogen) atoms. The topological polar surface area (TPSA) is 102 Å². The number of unbranched alkanes of at least 4 members (excludes halogenated alkanes) is 13. The molecule has 0 aromatic carbocycles. The van der Waals surface area contributed by atoms with E-state index in [-0.39, 0.29) is 42.7 Å². The number of carboxylic acids is 1. The van der Waals surface area contributed by atoms with Gasteiger partial charge in [0, 0.05) is 19.3 Å². The van der Waals surface area contributed by atoms with Crippen molar-refractivity contribution in [3.63, 3.8) is 0 Å². The Bertz CT molecular complexity index is 803. The molecule has 0 aromatic rings. The summed E-state index contributed by atoms with van der Waals surface area (Å²) in [5.74, 6) is -1.77. The highest BCUT2D eigenvalue weighted by molar-refractivity contribution is 5.70. The van der Waals surface area contributed by atoms with Gasteiger partial charge in [0.15, 0.2) is 6.10 Å². The van der Waals surface area contributed by atoms with Crippen LogP contribution in [-0.4, -0.2) is 75.5 Å². The maximum Gasteiger partial charge on any atom is 0.306 e. The largest absolute Gasteiger partial charge is 0.544 e. The van der Waals surface area contributed by atoms with Crippen LogP contribution in [0.15, 0.2) is 24.3 Å². The summed E-state index contributed by atoms with van der Waals surface area (Å²) in [4.78, 5) is 36.2. The molecule has 0 aliphatic heterocycles. The maximum atomic E-state index is 12.5. The van der Waals surface area contributed by atoms with Crippen LogP contribution in [0.1, 0.15) is 142 Å². The molecule has 0 fully saturated rings. The molecule has 0 spiro atoms. The van der Waals surface area contributed by atoms with Gasteiger partial charge in [0.05, 0.1) is 40.3 Å². The molecule has 0 saturated carbocycles. The van der Waals surface area contributed by atoms with Gasteiger partial charge in [-0.15, -0.1) is 0 Å². The summed E-state index contributed by atoms with van der Waals surface area (Å²) in [5, 5.41) is 11.5. The summed E-state index contributed by atoms with van der Waals surface area (Å²) >= 11 is 0. The number of rotatable bonds is 31. The van der Waals surface area contributed by atoms with E-state index in [1.165, 1.54) is 51.4 Å². The van der Waals surface area contributed by atoms with Crippen LogP contribution in [0.4, 0.5) is 0 Å². The summed E-state index contributed by atoms with van der Waals surface area (Å²) in [6.07, 6.45) is 28.2. The van der Waals surface area contributed by atoms with E-state index >= 15 is 0 Å². The molecule has 0 aromatic heterocycles. The normalized spacial score (nSPS) is 13.4. The van der Waals surface area contributed by atoms with Crippen LogP contribution >= 0.6 is 0 Å². The van der Waals surface area contributed by atoms with Crippen molar-refractivity contribution in [3.05, 3.63) is 24.3 Å². The highest BCUT2D eigenvalue weighted by Gasteiger charge is 2.25. The minimum atomic E-state index is -1.13. The first kappa shape index (κ1) is 42.8. The van der Waals surface area contributed by atoms with Gasteiger partial charge >= 0.3 is 11.9 Å². The zero-order valence-corrected chi connectivity index (χ0v) is 29.5. The zero-order chi connectivity index (χ0) is 33.6. The van der Waals surface area contributed by atoms with E-state index in [0.29, 0.717) is 12.8 Å². The number of hydrogen-bond donors (Lipinski definition) is 0. The molecule has 2 unspecified atom stereocenters. The monoisotopic (exact) mass is 637 g/mol. The van der Waals surface area contributed by atoms with Gasteiger partial charge in [0.2, 0.25) is 0 Å². The van der Waals surface area contributed by atoms with Gasteiger partial charge in [-0.05, 0) is 44.9 Å². The van der Waals surface area contributed by atoms with Crippen molar-refractivity contribution < 1.29 is 38.2 Å². The van der Waals surface area contributed by atoms with Crippen molar-refractivity contribution in [2.45, 2.75) is 154 Å². The molecule has 0 radical (unpaired) electrons. The fourth-order valence-corrected chi connectivity index (χ4v) is 4.98. The fourth-order valence-electron chi connectivity index (χ4n) is 4.98. The molecular weight excluding hydrogens is 570 g/mol. The highest BCUT2D eigenvalue weighted by Crippen LogP contribution is 2.12. The lowest BCUT2D eigenvalue weighted by atomic mass is 10.1. The van der Waals surface area contributed by atoms with E-state index in [2.05, 4.69) is 38.2 Å². The number of hydrogen-bond acceptors (Lipinski definition) is 7. The quantitative estimate of drug-likeness (QED) is 0.0342. The summed E-state index contributed by atoms with van der Waals surface area (Å²) in [7, 11) is 5.38. The molecule has 0 heterocycles. The Labute approximate surface area is 275 Å². The van der Waals surface area contributed by atoms with Gasteiger partial charge in [0.1, 0.15) is 12.6 Å². The second kappa shape index (κ2) is 29.2. The van der Waals surface area contributed by atoms with Crippen LogP contribution in [0.2, 0.25) is 0 Å². The Morgan fingerprint density at radius 2 is 1.18 bits per heavy atom. The van der Waals surface area contributed by atoms with Crippen molar-refractivity contribution in [2.24, 2.45) is 0 Å². The second-order valence-electron chi connectivity index (χ2n) is 13.1. The van der Waals surface area contributed by atoms with Crippen molar-refractivity contribution >= 4 is 17.9 Å². The van der Waals surface area contributed by atoms with Gasteiger partial charge < -0.3 is 28.6 Å². The zero-order valence-electron chi connectivity index (χ0n) is 29.5. The number of aliphatic carboxylic acids is 1. The molecule has 0 aliphatic rings. The third-order valence-corrected chi connectivity index (χ3v) is 7.84. The maximum absolute atomic E-state index is 12.5. The lowest BCUT2D eigenvalue weighted by Gasteiger charge is -2.34. The average Bonchev–Trinajstić information content (AvgIpc) is 2.98. The van der Waals surface area contributed by atoms with E-state index in [4.69, 9.17) is 14.2 Å². The Morgan fingerprint density at radius 3 is 1.76 bits per heavy atom. The lowest BCUT2D eigenvalue weighted by Crippen LogP contribution is -2.55. The van der Waals surface area contributed by atoms with Gasteiger partial charge in [-0.3, -0.25) is 9.59 Å². The molecule has 0 aliphatic carbocycles. The lowest BCUT2D eigenvalue weighted by molar-refractivity contribution is -0.889. The minimum absolute atomic E-state index is 0.0384. The first-order chi connectivity index (χ1) is 21.6. The molecule has 0 bridgehead atoms. The molecule has 0 rings (SSSR count). The molecule has 0 amide bonds. The van der Waals surface area contributed by atoms with Gasteiger partial charge in [-0.25, -0.2) is 0 Å². The van der Waals surface area contributed by atoms with E-state index < -0.39 is 18.1 Å². The Kier molecular flexibility index (Phi) is 27.8. The number of allylic oxidation sites excluding steroid dienone is 4. The third kappa shape index (κ3) is 27.8. The SMILES string of the molecule is CCCCC/C=C\C/C=C\CCCCCCCCCC(=O)OC(COCCC(C(=O)[O-])[N+](C)(C)C)COC(=O)CCCCCC. The predicted octanol–water partition coefficient (Wildman–Crippen LogP) is 7.24. The van der Waals surface area contributed by atoms with Crippen molar-refractivity contribution in [1.82, 2.24) is 0 Å². The Balaban J connectivity index is 4.28. The number of ether oxygens (including phenoxy) is 3. The molecule has 0 N–H and O–H groups in total. The van der Waals surface area contributed by atoms with E-state index in [9.17, 15) is 19.5 Å². The van der Waals surface area contributed by atoms with Crippen LogP contribution in [0.5, 0.6) is 0 Å². The first-order valence-corrected chi connectivity index (χ1v) is 17.9.